The fourth-order valence-corrected chi connectivity index (χ4v) is 2.59. The smallest absolute Gasteiger partial charge is 0.258 e. The van der Waals surface area contributed by atoms with Gasteiger partial charge in [-0.1, -0.05) is 22.9 Å². The highest BCUT2D eigenvalue weighted by molar-refractivity contribution is 9.10. The number of ether oxygens (including phenoxy) is 1. The van der Waals surface area contributed by atoms with E-state index in [1.807, 2.05) is 46.9 Å². The molecule has 4 nitrogen and oxygen atoms in total. The molecule has 2 N–H and O–H groups in total. The van der Waals surface area contributed by atoms with Crippen LogP contribution >= 0.6 is 15.9 Å². The molecular formula is C16H25BrN2O2. The van der Waals surface area contributed by atoms with Crippen molar-refractivity contribution in [3.8, 4) is 5.75 Å². The van der Waals surface area contributed by atoms with E-state index in [2.05, 4.69) is 26.6 Å². The van der Waals surface area contributed by atoms with Crippen LogP contribution in [-0.2, 0) is 11.3 Å². The van der Waals surface area contributed by atoms with Crippen LogP contribution in [0.5, 0.6) is 5.75 Å². The van der Waals surface area contributed by atoms with Crippen LogP contribution in [0.2, 0.25) is 0 Å². The molecule has 118 valence electrons. The van der Waals surface area contributed by atoms with Crippen molar-refractivity contribution >= 4 is 21.8 Å². The van der Waals surface area contributed by atoms with Crippen molar-refractivity contribution in [3.05, 3.63) is 27.7 Å². The molecular weight excluding hydrogens is 332 g/mol. The number of carbonyl (C=O) groups excluding carboxylic acids is 1. The van der Waals surface area contributed by atoms with Gasteiger partial charge in [-0.25, -0.2) is 0 Å². The summed E-state index contributed by atoms with van der Waals surface area (Å²) < 4.78 is 6.76. The minimum absolute atomic E-state index is 0.0304. The van der Waals surface area contributed by atoms with E-state index < -0.39 is 0 Å². The van der Waals surface area contributed by atoms with Crippen LogP contribution < -0.4 is 15.4 Å². The molecule has 0 bridgehead atoms. The van der Waals surface area contributed by atoms with Gasteiger partial charge in [-0.3, -0.25) is 4.79 Å². The molecule has 0 aromatic heterocycles. The fraction of sp³-hybridized carbons (Fsp3) is 0.562. The van der Waals surface area contributed by atoms with Crippen molar-refractivity contribution < 1.29 is 9.53 Å². The van der Waals surface area contributed by atoms with E-state index in [0.29, 0.717) is 6.54 Å². The third-order valence-corrected chi connectivity index (χ3v) is 3.85. The quantitative estimate of drug-likeness (QED) is 0.788. The van der Waals surface area contributed by atoms with Crippen LogP contribution in [-0.4, -0.2) is 25.1 Å². The molecule has 0 radical (unpaired) electrons. The van der Waals surface area contributed by atoms with Gasteiger partial charge in [0, 0.05) is 22.1 Å². The Balaban J connectivity index is 2.77. The number of benzene rings is 1. The lowest BCUT2D eigenvalue weighted by atomic mass is 10.0. The first kappa shape index (κ1) is 18.0. The molecule has 21 heavy (non-hydrogen) atoms. The summed E-state index contributed by atoms with van der Waals surface area (Å²) in [6.45, 7) is 8.75. The molecule has 0 aliphatic carbocycles. The molecule has 0 heterocycles. The summed E-state index contributed by atoms with van der Waals surface area (Å²) in [6, 6.07) is 4.00. The monoisotopic (exact) mass is 356 g/mol. The highest BCUT2D eigenvalue weighted by atomic mass is 79.9. The van der Waals surface area contributed by atoms with Crippen molar-refractivity contribution in [2.24, 2.45) is 0 Å². The summed E-state index contributed by atoms with van der Waals surface area (Å²) in [5.74, 6) is 0.677. The third-order valence-electron chi connectivity index (χ3n) is 3.39. The van der Waals surface area contributed by atoms with E-state index in [0.717, 1.165) is 27.8 Å². The molecule has 0 atom stereocenters. The van der Waals surface area contributed by atoms with Crippen LogP contribution in [0.1, 0.15) is 38.3 Å². The fourth-order valence-electron chi connectivity index (χ4n) is 1.97. The van der Waals surface area contributed by atoms with Crippen LogP contribution in [0.3, 0.4) is 0 Å². The predicted octanol–water partition coefficient (Wildman–Crippen LogP) is 3.16. The number of hydrogen-bond donors (Lipinski definition) is 2. The standard InChI is InChI=1S/C16H25BrN2O2/c1-6-16(3,4)19-14(20)10-21-15-11(2)7-13(17)8-12(15)9-18-5/h7-8,18H,6,9-10H2,1-5H3,(H,19,20). The lowest BCUT2D eigenvalue weighted by molar-refractivity contribution is -0.124. The minimum atomic E-state index is -0.205. The second-order valence-electron chi connectivity index (χ2n) is 5.82. The Labute approximate surface area is 135 Å². The molecule has 5 heteroatoms. The number of carbonyl (C=O) groups is 1. The molecule has 1 rings (SSSR count). The van der Waals surface area contributed by atoms with E-state index in [1.54, 1.807) is 0 Å². The summed E-state index contributed by atoms with van der Waals surface area (Å²) >= 11 is 3.48. The number of aryl methyl sites for hydroxylation is 1. The van der Waals surface area contributed by atoms with E-state index in [1.165, 1.54) is 0 Å². The van der Waals surface area contributed by atoms with E-state index in [4.69, 9.17) is 4.74 Å². The molecule has 1 aromatic rings. The van der Waals surface area contributed by atoms with Gasteiger partial charge in [0.15, 0.2) is 6.61 Å². The Hall–Kier alpha value is -1.07. The zero-order valence-corrected chi connectivity index (χ0v) is 15.1. The van der Waals surface area contributed by atoms with Crippen LogP contribution in [0, 0.1) is 6.92 Å². The van der Waals surface area contributed by atoms with Gasteiger partial charge in [0.05, 0.1) is 0 Å². The molecule has 1 aromatic carbocycles. The van der Waals surface area contributed by atoms with Crippen LogP contribution in [0.4, 0.5) is 0 Å². The molecule has 0 saturated heterocycles. The zero-order chi connectivity index (χ0) is 16.0. The predicted molar refractivity (Wildman–Crippen MR) is 89.7 cm³/mol. The molecule has 0 aliphatic heterocycles. The summed E-state index contributed by atoms with van der Waals surface area (Å²) in [6.07, 6.45) is 0.876. The lowest BCUT2D eigenvalue weighted by Crippen LogP contribution is -2.45. The molecule has 1 amide bonds. The molecule has 0 unspecified atom stereocenters. The number of nitrogens with one attached hydrogen (secondary N) is 2. The van der Waals surface area contributed by atoms with Gasteiger partial charge in [-0.05, 0) is 51.9 Å². The Morgan fingerprint density at radius 2 is 2.05 bits per heavy atom. The van der Waals surface area contributed by atoms with Gasteiger partial charge in [-0.2, -0.15) is 0 Å². The first-order valence-electron chi connectivity index (χ1n) is 7.16. The van der Waals surface area contributed by atoms with Crippen LogP contribution in [0.15, 0.2) is 16.6 Å². The van der Waals surface area contributed by atoms with Gasteiger partial charge in [-0.15, -0.1) is 0 Å². The molecule has 0 aliphatic rings. The summed E-state index contributed by atoms with van der Waals surface area (Å²) in [7, 11) is 1.89. The number of halogens is 1. The average Bonchev–Trinajstić information content (AvgIpc) is 2.37. The highest BCUT2D eigenvalue weighted by Crippen LogP contribution is 2.28. The maximum absolute atomic E-state index is 12.0. The summed E-state index contributed by atoms with van der Waals surface area (Å²) in [5, 5.41) is 6.08. The van der Waals surface area contributed by atoms with Gasteiger partial charge in [0.2, 0.25) is 0 Å². The third kappa shape index (κ3) is 5.67. The van der Waals surface area contributed by atoms with E-state index in [9.17, 15) is 4.79 Å². The molecule has 0 saturated carbocycles. The van der Waals surface area contributed by atoms with Gasteiger partial charge in [0.25, 0.3) is 5.91 Å². The van der Waals surface area contributed by atoms with Crippen molar-refractivity contribution in [2.75, 3.05) is 13.7 Å². The normalized spacial score (nSPS) is 11.3. The molecule has 0 spiro atoms. The van der Waals surface area contributed by atoms with Gasteiger partial charge < -0.3 is 15.4 Å². The van der Waals surface area contributed by atoms with Crippen molar-refractivity contribution in [1.29, 1.82) is 0 Å². The Kier molecular flexibility index (Phi) is 6.68. The lowest BCUT2D eigenvalue weighted by Gasteiger charge is -2.24. The Bertz CT molecular complexity index is 501. The average molecular weight is 357 g/mol. The first-order chi connectivity index (χ1) is 9.79. The SMILES string of the molecule is CCC(C)(C)NC(=O)COc1c(C)cc(Br)cc1CNC. The van der Waals surface area contributed by atoms with Crippen LogP contribution in [0.25, 0.3) is 0 Å². The number of rotatable bonds is 7. The number of hydrogen-bond acceptors (Lipinski definition) is 3. The van der Waals surface area contributed by atoms with Gasteiger partial charge >= 0.3 is 0 Å². The second kappa shape index (κ2) is 7.80. The summed E-state index contributed by atoms with van der Waals surface area (Å²) in [5.41, 5.74) is 1.84. The maximum Gasteiger partial charge on any atom is 0.258 e. The van der Waals surface area contributed by atoms with E-state index >= 15 is 0 Å². The van der Waals surface area contributed by atoms with Crippen molar-refractivity contribution in [3.63, 3.8) is 0 Å². The second-order valence-corrected chi connectivity index (χ2v) is 6.73. The maximum atomic E-state index is 12.0. The summed E-state index contributed by atoms with van der Waals surface area (Å²) in [4.78, 5) is 12.0. The van der Waals surface area contributed by atoms with E-state index in [-0.39, 0.29) is 18.1 Å². The largest absolute Gasteiger partial charge is 0.483 e. The van der Waals surface area contributed by atoms with Gasteiger partial charge in [0.1, 0.15) is 5.75 Å². The van der Waals surface area contributed by atoms with Crippen molar-refractivity contribution in [2.45, 2.75) is 46.2 Å². The number of amides is 1. The molecule has 0 fully saturated rings. The van der Waals surface area contributed by atoms with Crippen molar-refractivity contribution in [1.82, 2.24) is 10.6 Å². The Morgan fingerprint density at radius 3 is 2.62 bits per heavy atom. The zero-order valence-electron chi connectivity index (χ0n) is 13.5. The Morgan fingerprint density at radius 1 is 1.38 bits per heavy atom. The first-order valence-corrected chi connectivity index (χ1v) is 7.95. The topological polar surface area (TPSA) is 50.4 Å². The highest BCUT2D eigenvalue weighted by Gasteiger charge is 2.18. The minimum Gasteiger partial charge on any atom is -0.483 e.